The zero-order valence-electron chi connectivity index (χ0n) is 10.9. The van der Waals surface area contributed by atoms with E-state index in [0.717, 1.165) is 17.6 Å². The van der Waals surface area contributed by atoms with Gasteiger partial charge in [0.2, 0.25) is 0 Å². The minimum atomic E-state index is 0.526. The van der Waals surface area contributed by atoms with E-state index in [1.807, 2.05) is 55.5 Å². The predicted octanol–water partition coefficient (Wildman–Crippen LogP) is 3.90. The highest BCUT2D eigenvalue weighted by Gasteiger charge is 1.91. The van der Waals surface area contributed by atoms with Crippen molar-refractivity contribution < 1.29 is 9.53 Å². The van der Waals surface area contributed by atoms with Crippen molar-refractivity contribution in [2.24, 2.45) is 0 Å². The van der Waals surface area contributed by atoms with Crippen molar-refractivity contribution in [3.8, 4) is 5.75 Å². The lowest BCUT2D eigenvalue weighted by atomic mass is 10.1. The standard InChI is InChI=1S/C17H16O2/c1-14-4-10-17(11-5-14)19-12-2-3-15-6-8-16(13-18)9-7-15/h2-11,13H,12H2,1H3. The Morgan fingerprint density at radius 1 is 0.947 bits per heavy atom. The van der Waals surface area contributed by atoms with Crippen molar-refractivity contribution in [3.63, 3.8) is 0 Å². The summed E-state index contributed by atoms with van der Waals surface area (Å²) in [6.45, 7) is 2.57. The average Bonchev–Trinajstić information content (AvgIpc) is 2.46. The molecule has 2 heteroatoms. The van der Waals surface area contributed by atoms with E-state index in [4.69, 9.17) is 4.74 Å². The lowest BCUT2D eigenvalue weighted by Gasteiger charge is -2.02. The number of hydrogen-bond donors (Lipinski definition) is 0. The van der Waals surface area contributed by atoms with Gasteiger partial charge in [0.1, 0.15) is 18.6 Å². The number of hydrogen-bond acceptors (Lipinski definition) is 2. The summed E-state index contributed by atoms with van der Waals surface area (Å²) in [4.78, 5) is 10.5. The Kier molecular flexibility index (Phi) is 4.51. The van der Waals surface area contributed by atoms with Gasteiger partial charge in [0.15, 0.2) is 0 Å². The van der Waals surface area contributed by atoms with Crippen LogP contribution in [0.4, 0.5) is 0 Å². The zero-order valence-corrected chi connectivity index (χ0v) is 10.9. The average molecular weight is 252 g/mol. The molecule has 2 rings (SSSR count). The lowest BCUT2D eigenvalue weighted by Crippen LogP contribution is -1.92. The Labute approximate surface area is 113 Å². The molecular weight excluding hydrogens is 236 g/mol. The van der Waals surface area contributed by atoms with Gasteiger partial charge < -0.3 is 4.74 Å². The van der Waals surface area contributed by atoms with Crippen LogP contribution in [0.2, 0.25) is 0 Å². The zero-order chi connectivity index (χ0) is 13.5. The summed E-state index contributed by atoms with van der Waals surface area (Å²) in [6.07, 6.45) is 4.77. The van der Waals surface area contributed by atoms with Crippen molar-refractivity contribution in [3.05, 3.63) is 71.3 Å². The van der Waals surface area contributed by atoms with E-state index < -0.39 is 0 Å². The van der Waals surface area contributed by atoms with Gasteiger partial charge in [0.05, 0.1) is 0 Å². The summed E-state index contributed by atoms with van der Waals surface area (Å²) in [5.74, 6) is 0.867. The normalized spacial score (nSPS) is 10.6. The highest BCUT2D eigenvalue weighted by molar-refractivity contribution is 5.75. The van der Waals surface area contributed by atoms with Crippen LogP contribution in [0.25, 0.3) is 6.08 Å². The number of rotatable bonds is 5. The van der Waals surface area contributed by atoms with Crippen LogP contribution in [0, 0.1) is 6.92 Å². The van der Waals surface area contributed by atoms with Crippen molar-refractivity contribution in [1.82, 2.24) is 0 Å². The van der Waals surface area contributed by atoms with Crippen molar-refractivity contribution in [2.45, 2.75) is 6.92 Å². The molecule has 0 N–H and O–H groups in total. The van der Waals surface area contributed by atoms with Crippen LogP contribution >= 0.6 is 0 Å². The molecule has 2 aromatic carbocycles. The molecule has 19 heavy (non-hydrogen) atoms. The summed E-state index contributed by atoms with van der Waals surface area (Å²) >= 11 is 0. The molecule has 0 fully saturated rings. The van der Waals surface area contributed by atoms with Crippen LogP contribution in [-0.4, -0.2) is 12.9 Å². The van der Waals surface area contributed by atoms with E-state index in [2.05, 4.69) is 0 Å². The first-order valence-corrected chi connectivity index (χ1v) is 6.19. The molecule has 0 aliphatic rings. The maximum absolute atomic E-state index is 10.5. The molecule has 0 bridgehead atoms. The first-order chi connectivity index (χ1) is 9.28. The van der Waals surface area contributed by atoms with Gasteiger partial charge in [-0.3, -0.25) is 4.79 Å². The van der Waals surface area contributed by atoms with E-state index in [1.165, 1.54) is 5.56 Å². The van der Waals surface area contributed by atoms with Crippen LogP contribution in [0.1, 0.15) is 21.5 Å². The molecule has 0 saturated heterocycles. The van der Waals surface area contributed by atoms with Gasteiger partial charge in [-0.2, -0.15) is 0 Å². The first-order valence-electron chi connectivity index (χ1n) is 6.19. The number of ether oxygens (including phenoxy) is 1. The Morgan fingerprint density at radius 3 is 2.21 bits per heavy atom. The predicted molar refractivity (Wildman–Crippen MR) is 77.5 cm³/mol. The molecule has 0 heterocycles. The molecule has 0 saturated carbocycles. The number of aldehydes is 1. The molecule has 0 aliphatic heterocycles. The van der Waals surface area contributed by atoms with Gasteiger partial charge in [-0.15, -0.1) is 0 Å². The van der Waals surface area contributed by atoms with Crippen LogP contribution in [0.5, 0.6) is 5.75 Å². The third kappa shape index (κ3) is 4.11. The van der Waals surface area contributed by atoms with E-state index in [1.54, 1.807) is 12.1 Å². The van der Waals surface area contributed by atoms with E-state index in [0.29, 0.717) is 12.2 Å². The maximum Gasteiger partial charge on any atom is 0.150 e. The molecular formula is C17H16O2. The summed E-state index contributed by atoms with van der Waals surface area (Å²) in [7, 11) is 0. The van der Waals surface area contributed by atoms with Gasteiger partial charge in [0, 0.05) is 5.56 Å². The third-order valence-electron chi connectivity index (χ3n) is 2.75. The molecule has 0 amide bonds. The maximum atomic E-state index is 10.5. The highest BCUT2D eigenvalue weighted by Crippen LogP contribution is 2.11. The monoisotopic (exact) mass is 252 g/mol. The second kappa shape index (κ2) is 6.55. The van der Waals surface area contributed by atoms with Crippen molar-refractivity contribution in [1.29, 1.82) is 0 Å². The molecule has 0 atom stereocenters. The summed E-state index contributed by atoms with van der Waals surface area (Å²) in [5.41, 5.74) is 2.96. The smallest absolute Gasteiger partial charge is 0.150 e. The Bertz CT molecular complexity index is 551. The topological polar surface area (TPSA) is 26.3 Å². The third-order valence-corrected chi connectivity index (χ3v) is 2.75. The molecule has 2 nitrogen and oxygen atoms in total. The highest BCUT2D eigenvalue weighted by atomic mass is 16.5. The molecule has 96 valence electrons. The second-order valence-electron chi connectivity index (χ2n) is 4.31. The Hall–Kier alpha value is -2.35. The minimum absolute atomic E-state index is 0.526. The summed E-state index contributed by atoms with van der Waals surface area (Å²) < 4.78 is 5.58. The van der Waals surface area contributed by atoms with Gasteiger partial charge >= 0.3 is 0 Å². The van der Waals surface area contributed by atoms with Crippen LogP contribution in [0.15, 0.2) is 54.6 Å². The molecule has 0 aromatic heterocycles. The number of carbonyl (C=O) groups is 1. The van der Waals surface area contributed by atoms with Gasteiger partial charge in [-0.1, -0.05) is 48.0 Å². The SMILES string of the molecule is Cc1ccc(OCC=Cc2ccc(C=O)cc2)cc1. The van der Waals surface area contributed by atoms with Crippen LogP contribution in [-0.2, 0) is 0 Å². The number of aryl methyl sites for hydroxylation is 1. The van der Waals surface area contributed by atoms with Gasteiger partial charge in [-0.05, 0) is 30.7 Å². The van der Waals surface area contributed by atoms with E-state index >= 15 is 0 Å². The molecule has 0 spiro atoms. The summed E-state index contributed by atoms with van der Waals surface area (Å²) in [5, 5.41) is 0. The fraction of sp³-hybridized carbons (Fsp3) is 0.118. The van der Waals surface area contributed by atoms with Crippen molar-refractivity contribution >= 4 is 12.4 Å². The fourth-order valence-corrected chi connectivity index (χ4v) is 1.65. The van der Waals surface area contributed by atoms with Gasteiger partial charge in [0.25, 0.3) is 0 Å². The molecule has 0 aliphatic carbocycles. The largest absolute Gasteiger partial charge is 0.490 e. The number of carbonyl (C=O) groups excluding carboxylic acids is 1. The van der Waals surface area contributed by atoms with Crippen LogP contribution < -0.4 is 4.74 Å². The quantitative estimate of drug-likeness (QED) is 0.754. The van der Waals surface area contributed by atoms with Crippen molar-refractivity contribution in [2.75, 3.05) is 6.61 Å². The second-order valence-corrected chi connectivity index (χ2v) is 4.31. The van der Waals surface area contributed by atoms with Gasteiger partial charge in [-0.25, -0.2) is 0 Å². The molecule has 0 unspecified atom stereocenters. The Morgan fingerprint density at radius 2 is 1.58 bits per heavy atom. The van der Waals surface area contributed by atoms with E-state index in [9.17, 15) is 4.79 Å². The number of benzene rings is 2. The fourth-order valence-electron chi connectivity index (χ4n) is 1.65. The molecule has 2 aromatic rings. The minimum Gasteiger partial charge on any atom is -0.490 e. The Balaban J connectivity index is 1.85. The first kappa shape index (κ1) is 13.1. The molecule has 0 radical (unpaired) electrons. The lowest BCUT2D eigenvalue weighted by molar-refractivity contribution is 0.112. The van der Waals surface area contributed by atoms with Crippen LogP contribution in [0.3, 0.4) is 0 Å². The van der Waals surface area contributed by atoms with E-state index in [-0.39, 0.29) is 0 Å². The summed E-state index contributed by atoms with van der Waals surface area (Å²) in [6, 6.07) is 15.4.